The van der Waals surface area contributed by atoms with Gasteiger partial charge in [0.2, 0.25) is 5.91 Å². The molecule has 0 spiro atoms. The van der Waals surface area contributed by atoms with Gasteiger partial charge in [0.25, 0.3) is 0 Å². The molecule has 4 N–H and O–H groups in total. The number of aliphatic carboxylic acids is 1. The van der Waals surface area contributed by atoms with E-state index >= 15 is 0 Å². The highest BCUT2D eigenvalue weighted by Crippen LogP contribution is 2.20. The molecule has 0 aliphatic carbocycles. The first-order chi connectivity index (χ1) is 18.4. The van der Waals surface area contributed by atoms with Crippen LogP contribution in [0.25, 0.3) is 10.9 Å². The van der Waals surface area contributed by atoms with Crippen molar-refractivity contribution >= 4 is 22.8 Å². The molecule has 0 fully saturated rings. The van der Waals surface area contributed by atoms with E-state index in [1.165, 1.54) is 0 Å². The molecule has 38 heavy (non-hydrogen) atoms. The Kier molecular flexibility index (Phi) is 9.30. The summed E-state index contributed by atoms with van der Waals surface area (Å²) in [6, 6.07) is 27.0. The topological polar surface area (TPSA) is 97.5 Å². The molecule has 0 saturated carbocycles. The quantitative estimate of drug-likeness (QED) is 0.200. The number of H-pyrrole nitrogens is 1. The van der Waals surface area contributed by atoms with Crippen LogP contribution in [0, 0.1) is 0 Å². The van der Waals surface area contributed by atoms with Crippen molar-refractivity contribution in [2.45, 2.75) is 51.0 Å². The highest BCUT2D eigenvalue weighted by molar-refractivity contribution is 5.83. The van der Waals surface area contributed by atoms with E-state index in [4.69, 9.17) is 0 Å². The van der Waals surface area contributed by atoms with Gasteiger partial charge in [-0.05, 0) is 42.5 Å². The molecule has 3 aromatic carbocycles. The molecule has 0 bridgehead atoms. The van der Waals surface area contributed by atoms with Crippen LogP contribution in [0.1, 0.15) is 30.0 Å². The molecule has 0 radical (unpaired) electrons. The predicted octanol–water partition coefficient (Wildman–Crippen LogP) is 4.35. The second-order valence-corrected chi connectivity index (χ2v) is 9.84. The fraction of sp³-hybridized carbons (Fsp3) is 0.290. The van der Waals surface area contributed by atoms with E-state index in [2.05, 4.69) is 15.6 Å². The highest BCUT2D eigenvalue weighted by Gasteiger charge is 2.26. The van der Waals surface area contributed by atoms with E-state index in [9.17, 15) is 14.7 Å². The molecule has 0 aliphatic heterocycles. The summed E-state index contributed by atoms with van der Waals surface area (Å²) >= 11 is 0. The summed E-state index contributed by atoms with van der Waals surface area (Å²) in [6.07, 6.45) is 2.69. The summed E-state index contributed by atoms with van der Waals surface area (Å²) in [5.41, 5.74) is 4.21. The monoisotopic (exact) mass is 512 g/mol. The number of likely N-dealkylation sites (N-methyl/N-ethyl adjacent to an activating group) is 1. The van der Waals surface area contributed by atoms with Crippen molar-refractivity contribution in [1.29, 1.82) is 0 Å². The van der Waals surface area contributed by atoms with Crippen LogP contribution < -0.4 is 10.6 Å². The molecule has 198 valence electrons. The lowest BCUT2D eigenvalue weighted by molar-refractivity contribution is -0.138. The molecule has 3 atom stereocenters. The maximum Gasteiger partial charge on any atom is 0.304 e. The summed E-state index contributed by atoms with van der Waals surface area (Å²) < 4.78 is 0. The lowest BCUT2D eigenvalue weighted by Gasteiger charge is -2.30. The highest BCUT2D eigenvalue weighted by atomic mass is 16.4. The number of hydrogen-bond donors (Lipinski definition) is 4. The molecule has 1 amide bonds. The molecule has 0 saturated heterocycles. The Morgan fingerprint density at radius 3 is 2.18 bits per heavy atom. The summed E-state index contributed by atoms with van der Waals surface area (Å²) in [7, 11) is 1.82. The number of benzene rings is 3. The van der Waals surface area contributed by atoms with Crippen molar-refractivity contribution in [1.82, 2.24) is 20.5 Å². The SMILES string of the molecule is CC(NC(Cc1ccccc1)C(=O)N(C)Cc1ccccc1)N[C@H](CC(=O)O)Cc1c[nH]c2ccccc12. The molecule has 4 aromatic rings. The number of carbonyl (C=O) groups is 2. The number of fused-ring (bicyclic) bond motifs is 1. The number of aromatic amines is 1. The minimum Gasteiger partial charge on any atom is -0.481 e. The smallest absolute Gasteiger partial charge is 0.304 e. The number of hydrogen-bond acceptors (Lipinski definition) is 4. The maximum atomic E-state index is 13.6. The molecule has 0 aliphatic rings. The maximum absolute atomic E-state index is 13.6. The zero-order valence-corrected chi connectivity index (χ0v) is 21.9. The van der Waals surface area contributed by atoms with Crippen molar-refractivity contribution in [3.63, 3.8) is 0 Å². The Morgan fingerprint density at radius 2 is 1.50 bits per heavy atom. The molecular formula is C31H36N4O3. The fourth-order valence-corrected chi connectivity index (χ4v) is 4.94. The van der Waals surface area contributed by atoms with Crippen LogP contribution in [-0.4, -0.2) is 52.2 Å². The van der Waals surface area contributed by atoms with Crippen molar-refractivity contribution in [2.24, 2.45) is 0 Å². The Morgan fingerprint density at radius 1 is 0.868 bits per heavy atom. The van der Waals surface area contributed by atoms with Crippen LogP contribution in [0.5, 0.6) is 0 Å². The summed E-state index contributed by atoms with van der Waals surface area (Å²) in [4.78, 5) is 30.3. The average molecular weight is 513 g/mol. The van der Waals surface area contributed by atoms with Gasteiger partial charge in [0, 0.05) is 36.7 Å². The standard InChI is InChI=1S/C31H36N4O3/c1-22(33-26(19-30(36)37)18-25-20-32-28-16-10-9-15-27(25)28)34-29(17-23-11-5-3-6-12-23)31(38)35(2)21-24-13-7-4-8-14-24/h3-16,20,22,26,29,32-34H,17-19,21H2,1-2H3,(H,36,37)/t22?,26-,29?/m0/s1. The van der Waals surface area contributed by atoms with Gasteiger partial charge in [0.1, 0.15) is 0 Å². The summed E-state index contributed by atoms with van der Waals surface area (Å²) in [5.74, 6) is -0.883. The number of aromatic nitrogens is 1. The van der Waals surface area contributed by atoms with Gasteiger partial charge in [-0.15, -0.1) is 0 Å². The van der Waals surface area contributed by atoms with Crippen molar-refractivity contribution in [3.8, 4) is 0 Å². The minimum atomic E-state index is -0.867. The van der Waals surface area contributed by atoms with Crippen LogP contribution in [0.4, 0.5) is 0 Å². The second-order valence-electron chi connectivity index (χ2n) is 9.84. The molecule has 1 heterocycles. The van der Waals surface area contributed by atoms with Gasteiger partial charge in [-0.25, -0.2) is 0 Å². The van der Waals surface area contributed by atoms with Crippen molar-refractivity contribution in [2.75, 3.05) is 7.05 Å². The number of carboxylic acid groups (broad SMARTS) is 1. The van der Waals surface area contributed by atoms with E-state index < -0.39 is 12.0 Å². The molecule has 7 heteroatoms. The zero-order valence-electron chi connectivity index (χ0n) is 21.9. The second kappa shape index (κ2) is 13.0. The molecule has 7 nitrogen and oxygen atoms in total. The third-order valence-electron chi connectivity index (χ3n) is 6.72. The van der Waals surface area contributed by atoms with Gasteiger partial charge < -0.3 is 15.0 Å². The van der Waals surface area contributed by atoms with Crippen LogP contribution in [0.2, 0.25) is 0 Å². The number of nitrogens with zero attached hydrogens (tertiary/aromatic N) is 1. The molecular weight excluding hydrogens is 476 g/mol. The summed E-state index contributed by atoms with van der Waals surface area (Å²) in [5, 5.41) is 17.6. The number of nitrogens with one attached hydrogen (secondary N) is 3. The Hall–Kier alpha value is -3.94. The normalized spacial score (nSPS) is 13.6. The van der Waals surface area contributed by atoms with E-state index in [1.807, 2.05) is 105 Å². The van der Waals surface area contributed by atoms with Crippen molar-refractivity contribution in [3.05, 3.63) is 108 Å². The molecule has 4 rings (SSSR count). The van der Waals surface area contributed by atoms with E-state index in [0.717, 1.165) is 27.6 Å². The lowest BCUT2D eigenvalue weighted by atomic mass is 10.0. The van der Waals surface area contributed by atoms with Crippen LogP contribution in [0.3, 0.4) is 0 Å². The fourth-order valence-electron chi connectivity index (χ4n) is 4.94. The van der Waals surface area contributed by atoms with E-state index in [0.29, 0.717) is 19.4 Å². The average Bonchev–Trinajstić information content (AvgIpc) is 3.31. The summed E-state index contributed by atoms with van der Waals surface area (Å²) in [6.45, 7) is 2.45. The first kappa shape index (κ1) is 27.1. The van der Waals surface area contributed by atoms with Crippen molar-refractivity contribution < 1.29 is 14.7 Å². The zero-order chi connectivity index (χ0) is 26.9. The number of amides is 1. The van der Waals surface area contributed by atoms with Gasteiger partial charge in [-0.2, -0.15) is 0 Å². The number of carboxylic acids is 1. The number of rotatable bonds is 13. The van der Waals surface area contributed by atoms with Crippen LogP contribution in [-0.2, 0) is 29.0 Å². The third kappa shape index (κ3) is 7.54. The third-order valence-corrected chi connectivity index (χ3v) is 6.72. The number of para-hydroxylation sites is 1. The minimum absolute atomic E-state index is 0.0160. The largest absolute Gasteiger partial charge is 0.481 e. The van der Waals surface area contributed by atoms with Crippen LogP contribution in [0.15, 0.2) is 91.1 Å². The first-order valence-corrected chi connectivity index (χ1v) is 13.0. The number of carbonyl (C=O) groups excluding carboxylic acids is 1. The van der Waals surface area contributed by atoms with Gasteiger partial charge in [-0.3, -0.25) is 20.2 Å². The van der Waals surface area contributed by atoms with E-state index in [-0.39, 0.29) is 24.5 Å². The lowest BCUT2D eigenvalue weighted by Crippen LogP contribution is -2.55. The van der Waals surface area contributed by atoms with Gasteiger partial charge >= 0.3 is 5.97 Å². The Bertz CT molecular complexity index is 1320. The van der Waals surface area contributed by atoms with E-state index in [1.54, 1.807) is 4.90 Å². The Labute approximate surface area is 223 Å². The molecule has 1 aromatic heterocycles. The Balaban J connectivity index is 1.47. The predicted molar refractivity (Wildman–Crippen MR) is 151 cm³/mol. The molecule has 2 unspecified atom stereocenters. The van der Waals surface area contributed by atoms with Crippen LogP contribution >= 0.6 is 0 Å². The van der Waals surface area contributed by atoms with Gasteiger partial charge in [-0.1, -0.05) is 78.9 Å². The van der Waals surface area contributed by atoms with Gasteiger partial charge in [0.05, 0.1) is 18.6 Å². The first-order valence-electron chi connectivity index (χ1n) is 13.0. The van der Waals surface area contributed by atoms with Gasteiger partial charge in [0.15, 0.2) is 0 Å².